The van der Waals surface area contributed by atoms with Crippen molar-refractivity contribution in [2.75, 3.05) is 7.05 Å². The van der Waals surface area contributed by atoms with Gasteiger partial charge in [0.25, 0.3) is 5.78 Å². The van der Waals surface area contributed by atoms with Crippen LogP contribution in [-0.2, 0) is 17.8 Å². The zero-order valence-electron chi connectivity index (χ0n) is 15.1. The number of amides is 1. The van der Waals surface area contributed by atoms with Crippen LogP contribution in [0.1, 0.15) is 34.5 Å². The molecule has 0 saturated heterocycles. The zero-order valence-corrected chi connectivity index (χ0v) is 15.1. The van der Waals surface area contributed by atoms with Gasteiger partial charge in [0, 0.05) is 31.4 Å². The molecule has 0 aliphatic carbocycles. The Morgan fingerprint density at radius 3 is 2.69 bits per heavy atom. The normalized spacial score (nSPS) is 10.7. The summed E-state index contributed by atoms with van der Waals surface area (Å²) in [4.78, 5) is 22.8. The molecule has 132 valence electrons. The molecule has 0 unspecified atom stereocenters. The number of carbonyl (C=O) groups excluding carboxylic acids is 1. The Hall–Kier alpha value is -3.27. The average Bonchev–Trinajstić information content (AvgIpc) is 3.10. The quantitative estimate of drug-likeness (QED) is 0.705. The summed E-state index contributed by atoms with van der Waals surface area (Å²) in [6.07, 6.45) is 2.49. The minimum atomic E-state index is 0.0619. The Labute approximate surface area is 151 Å². The lowest BCUT2D eigenvalue weighted by Crippen LogP contribution is -2.26. The van der Waals surface area contributed by atoms with Crippen molar-refractivity contribution < 1.29 is 4.79 Å². The number of aromatic nitrogens is 4. The number of hydrogen-bond acceptors (Lipinski definition) is 5. The van der Waals surface area contributed by atoms with Crippen molar-refractivity contribution >= 4 is 11.7 Å². The van der Waals surface area contributed by atoms with E-state index in [0.717, 1.165) is 22.5 Å². The SMILES string of the molecule is Cc1nc2ncnn2c(C)c1CCC(=O)N(C)Cc1ccc(C#N)cc1. The first kappa shape index (κ1) is 17.5. The molecule has 0 atom stereocenters. The third kappa shape index (κ3) is 3.54. The highest BCUT2D eigenvalue weighted by Crippen LogP contribution is 2.16. The van der Waals surface area contributed by atoms with Crippen LogP contribution in [0.5, 0.6) is 0 Å². The van der Waals surface area contributed by atoms with Crippen molar-refractivity contribution in [1.82, 2.24) is 24.5 Å². The molecule has 1 aromatic carbocycles. The summed E-state index contributed by atoms with van der Waals surface area (Å²) in [5, 5.41) is 13.0. The lowest BCUT2D eigenvalue weighted by Gasteiger charge is -2.18. The number of carbonyl (C=O) groups is 1. The van der Waals surface area contributed by atoms with E-state index in [0.29, 0.717) is 30.7 Å². The second-order valence-electron chi connectivity index (χ2n) is 6.29. The lowest BCUT2D eigenvalue weighted by molar-refractivity contribution is -0.130. The van der Waals surface area contributed by atoms with Crippen LogP contribution in [0.25, 0.3) is 5.78 Å². The minimum Gasteiger partial charge on any atom is -0.341 e. The standard InChI is InChI=1S/C19H20N6O/c1-13-17(14(2)25-19(23-13)21-12-22-25)8-9-18(26)24(3)11-16-6-4-15(10-20)5-7-16/h4-7,12H,8-9,11H2,1-3H3. The number of fused-ring (bicyclic) bond motifs is 1. The predicted octanol–water partition coefficient (Wildman–Crippen LogP) is 2.20. The van der Waals surface area contributed by atoms with Crippen LogP contribution in [0.15, 0.2) is 30.6 Å². The van der Waals surface area contributed by atoms with Gasteiger partial charge < -0.3 is 4.90 Å². The summed E-state index contributed by atoms with van der Waals surface area (Å²) in [6.45, 7) is 4.42. The lowest BCUT2D eigenvalue weighted by atomic mass is 10.1. The third-order valence-electron chi connectivity index (χ3n) is 4.51. The molecule has 0 radical (unpaired) electrons. The fourth-order valence-electron chi connectivity index (χ4n) is 2.99. The van der Waals surface area contributed by atoms with Crippen molar-refractivity contribution in [1.29, 1.82) is 5.26 Å². The van der Waals surface area contributed by atoms with Gasteiger partial charge in [0.1, 0.15) is 6.33 Å². The van der Waals surface area contributed by atoms with Gasteiger partial charge in [-0.05, 0) is 43.5 Å². The van der Waals surface area contributed by atoms with E-state index in [-0.39, 0.29) is 5.91 Å². The van der Waals surface area contributed by atoms with E-state index in [1.807, 2.05) is 26.0 Å². The molecule has 1 amide bonds. The van der Waals surface area contributed by atoms with E-state index in [1.165, 1.54) is 6.33 Å². The van der Waals surface area contributed by atoms with Crippen molar-refractivity contribution in [3.63, 3.8) is 0 Å². The first-order valence-corrected chi connectivity index (χ1v) is 8.38. The highest BCUT2D eigenvalue weighted by atomic mass is 16.2. The molecule has 0 saturated carbocycles. The molecule has 2 heterocycles. The second kappa shape index (κ2) is 7.31. The van der Waals surface area contributed by atoms with Crippen LogP contribution in [0.3, 0.4) is 0 Å². The smallest absolute Gasteiger partial charge is 0.252 e. The van der Waals surface area contributed by atoms with Crippen LogP contribution in [0.2, 0.25) is 0 Å². The molecule has 2 aromatic heterocycles. The van der Waals surface area contributed by atoms with Gasteiger partial charge in [0.05, 0.1) is 11.6 Å². The fourth-order valence-corrected chi connectivity index (χ4v) is 2.99. The number of nitrogens with zero attached hydrogens (tertiary/aromatic N) is 6. The van der Waals surface area contributed by atoms with Gasteiger partial charge in [-0.2, -0.15) is 15.3 Å². The molecule has 7 heteroatoms. The van der Waals surface area contributed by atoms with Crippen molar-refractivity contribution in [3.05, 3.63) is 58.7 Å². The van der Waals surface area contributed by atoms with Gasteiger partial charge in [-0.25, -0.2) is 9.50 Å². The van der Waals surface area contributed by atoms with Crippen molar-refractivity contribution in [3.8, 4) is 6.07 Å². The first-order chi connectivity index (χ1) is 12.5. The minimum absolute atomic E-state index is 0.0619. The highest BCUT2D eigenvalue weighted by molar-refractivity contribution is 5.76. The molecule has 3 aromatic rings. The van der Waals surface area contributed by atoms with Crippen molar-refractivity contribution in [2.24, 2.45) is 0 Å². The molecular weight excluding hydrogens is 328 g/mol. The summed E-state index contributed by atoms with van der Waals surface area (Å²) in [6, 6.07) is 9.37. The van der Waals surface area contributed by atoms with Gasteiger partial charge in [0.2, 0.25) is 5.91 Å². The summed E-state index contributed by atoms with van der Waals surface area (Å²) >= 11 is 0. The van der Waals surface area contributed by atoms with Gasteiger partial charge in [-0.1, -0.05) is 12.1 Å². The maximum Gasteiger partial charge on any atom is 0.252 e. The van der Waals surface area contributed by atoms with E-state index >= 15 is 0 Å². The van der Waals surface area contributed by atoms with E-state index in [4.69, 9.17) is 5.26 Å². The molecule has 3 rings (SSSR count). The van der Waals surface area contributed by atoms with E-state index in [9.17, 15) is 4.79 Å². The van der Waals surface area contributed by atoms with E-state index in [1.54, 1.807) is 28.6 Å². The fraction of sp³-hybridized carbons (Fsp3) is 0.316. The molecule has 0 aliphatic rings. The first-order valence-electron chi connectivity index (χ1n) is 8.38. The Balaban J connectivity index is 1.65. The van der Waals surface area contributed by atoms with Crippen LogP contribution < -0.4 is 0 Å². The maximum atomic E-state index is 12.5. The van der Waals surface area contributed by atoms with Crippen molar-refractivity contribution in [2.45, 2.75) is 33.2 Å². The van der Waals surface area contributed by atoms with Gasteiger partial charge >= 0.3 is 0 Å². The van der Waals surface area contributed by atoms with Crippen LogP contribution in [0, 0.1) is 25.2 Å². The maximum absolute atomic E-state index is 12.5. The predicted molar refractivity (Wildman–Crippen MR) is 96.2 cm³/mol. The summed E-state index contributed by atoms with van der Waals surface area (Å²) in [5.74, 6) is 0.639. The zero-order chi connectivity index (χ0) is 18.7. The summed E-state index contributed by atoms with van der Waals surface area (Å²) in [7, 11) is 1.79. The topological polar surface area (TPSA) is 87.2 Å². The van der Waals surface area contributed by atoms with E-state index < -0.39 is 0 Å². The van der Waals surface area contributed by atoms with Crippen LogP contribution in [-0.4, -0.2) is 37.4 Å². The van der Waals surface area contributed by atoms with Gasteiger partial charge in [0.15, 0.2) is 0 Å². The Bertz CT molecular complexity index is 984. The summed E-state index contributed by atoms with van der Waals surface area (Å²) in [5.41, 5.74) is 4.49. The highest BCUT2D eigenvalue weighted by Gasteiger charge is 2.14. The average molecular weight is 348 g/mol. The Morgan fingerprint density at radius 1 is 1.27 bits per heavy atom. The second-order valence-corrected chi connectivity index (χ2v) is 6.29. The third-order valence-corrected chi connectivity index (χ3v) is 4.51. The number of rotatable bonds is 5. The number of benzene rings is 1. The van der Waals surface area contributed by atoms with Crippen LogP contribution in [0.4, 0.5) is 0 Å². The summed E-state index contributed by atoms with van der Waals surface area (Å²) < 4.78 is 1.70. The van der Waals surface area contributed by atoms with Crippen LogP contribution >= 0.6 is 0 Å². The molecule has 0 aliphatic heterocycles. The number of nitriles is 1. The molecule has 0 N–H and O–H groups in total. The number of aryl methyl sites for hydroxylation is 2. The molecular formula is C19H20N6O. The van der Waals surface area contributed by atoms with E-state index in [2.05, 4.69) is 21.1 Å². The molecule has 0 fully saturated rings. The van der Waals surface area contributed by atoms with Gasteiger partial charge in [-0.15, -0.1) is 0 Å². The largest absolute Gasteiger partial charge is 0.341 e. The monoisotopic (exact) mass is 348 g/mol. The van der Waals surface area contributed by atoms with Gasteiger partial charge in [-0.3, -0.25) is 4.79 Å². The number of hydrogen-bond donors (Lipinski definition) is 0. The molecule has 7 nitrogen and oxygen atoms in total. The molecule has 0 bridgehead atoms. The molecule has 26 heavy (non-hydrogen) atoms. The Morgan fingerprint density at radius 2 is 2.00 bits per heavy atom. The molecule has 0 spiro atoms. The Kier molecular flexibility index (Phi) is 4.94.